The van der Waals surface area contributed by atoms with Gasteiger partial charge >= 0.3 is 6.18 Å². The van der Waals surface area contributed by atoms with Crippen molar-refractivity contribution in [3.05, 3.63) is 59.2 Å². The summed E-state index contributed by atoms with van der Waals surface area (Å²) in [5.74, 6) is -0.551. The van der Waals surface area contributed by atoms with Gasteiger partial charge in [-0.1, -0.05) is 6.07 Å². The molecule has 1 aliphatic rings. The number of piperidine rings is 1. The number of amides is 1. The van der Waals surface area contributed by atoms with Gasteiger partial charge in [0.2, 0.25) is 0 Å². The van der Waals surface area contributed by atoms with Gasteiger partial charge in [0.25, 0.3) is 5.91 Å². The summed E-state index contributed by atoms with van der Waals surface area (Å²) < 4.78 is 39.4. The molecule has 4 nitrogen and oxygen atoms in total. The number of alkyl halides is 3. The van der Waals surface area contributed by atoms with Crippen LogP contribution in [0.3, 0.4) is 0 Å². The summed E-state index contributed by atoms with van der Waals surface area (Å²) in [5, 5.41) is 11.6. The van der Waals surface area contributed by atoms with E-state index in [0.717, 1.165) is 44.5 Å². The fourth-order valence-electron chi connectivity index (χ4n) is 3.15. The van der Waals surface area contributed by atoms with Crippen molar-refractivity contribution in [3.8, 4) is 6.07 Å². The normalized spacial score (nSPS) is 14.5. The van der Waals surface area contributed by atoms with Crippen LogP contribution < -0.4 is 10.2 Å². The molecule has 2 aromatic rings. The highest BCUT2D eigenvalue weighted by Crippen LogP contribution is 2.36. The summed E-state index contributed by atoms with van der Waals surface area (Å²) in [6.45, 7) is 1.47. The zero-order valence-corrected chi connectivity index (χ0v) is 14.5. The van der Waals surface area contributed by atoms with E-state index in [-0.39, 0.29) is 11.3 Å². The molecular formula is C20H18F3N3O. The number of hydrogen-bond acceptors (Lipinski definition) is 3. The van der Waals surface area contributed by atoms with E-state index >= 15 is 0 Å². The molecular weight excluding hydrogens is 355 g/mol. The number of benzene rings is 2. The van der Waals surface area contributed by atoms with E-state index in [1.54, 1.807) is 12.1 Å². The monoisotopic (exact) mass is 373 g/mol. The molecule has 1 amide bonds. The van der Waals surface area contributed by atoms with E-state index < -0.39 is 17.6 Å². The Hall–Kier alpha value is -3.01. The maximum Gasteiger partial charge on any atom is 0.416 e. The third kappa shape index (κ3) is 4.40. The molecule has 1 heterocycles. The fraction of sp³-hybridized carbons (Fsp3) is 0.300. The molecule has 1 aliphatic heterocycles. The first-order valence-electron chi connectivity index (χ1n) is 8.66. The van der Waals surface area contributed by atoms with Gasteiger partial charge in [-0.05, 0) is 55.7 Å². The Balaban J connectivity index is 1.95. The summed E-state index contributed by atoms with van der Waals surface area (Å²) in [4.78, 5) is 14.5. The van der Waals surface area contributed by atoms with Gasteiger partial charge in [-0.25, -0.2) is 0 Å². The highest BCUT2D eigenvalue weighted by Gasteiger charge is 2.32. The number of nitrogens with one attached hydrogen (secondary N) is 1. The highest BCUT2D eigenvalue weighted by molar-refractivity contribution is 6.06. The van der Waals surface area contributed by atoms with Crippen molar-refractivity contribution in [3.63, 3.8) is 0 Å². The second-order valence-corrected chi connectivity index (χ2v) is 6.42. The number of anilines is 2. The Labute approximate surface area is 155 Å². The van der Waals surface area contributed by atoms with Gasteiger partial charge in [0.1, 0.15) is 0 Å². The Kier molecular flexibility index (Phi) is 5.36. The zero-order chi connectivity index (χ0) is 19.4. The number of nitrogens with zero attached hydrogens (tertiary/aromatic N) is 2. The number of carbonyl (C=O) groups excluding carboxylic acids is 1. The molecule has 0 aliphatic carbocycles. The lowest BCUT2D eigenvalue weighted by Crippen LogP contribution is -2.30. The third-order valence-corrected chi connectivity index (χ3v) is 4.52. The van der Waals surface area contributed by atoms with Gasteiger partial charge < -0.3 is 10.2 Å². The molecule has 140 valence electrons. The van der Waals surface area contributed by atoms with Crippen LogP contribution in [0.25, 0.3) is 0 Å². The first-order valence-corrected chi connectivity index (χ1v) is 8.66. The predicted molar refractivity (Wildman–Crippen MR) is 96.6 cm³/mol. The molecule has 1 saturated heterocycles. The summed E-state index contributed by atoms with van der Waals surface area (Å²) in [6, 6.07) is 11.4. The molecule has 3 rings (SSSR count). The van der Waals surface area contributed by atoms with Gasteiger partial charge in [-0.3, -0.25) is 4.79 Å². The summed E-state index contributed by atoms with van der Waals surface area (Å²) >= 11 is 0. The van der Waals surface area contributed by atoms with Crippen LogP contribution in [0.15, 0.2) is 42.5 Å². The van der Waals surface area contributed by atoms with Crippen LogP contribution in [-0.2, 0) is 6.18 Å². The summed E-state index contributed by atoms with van der Waals surface area (Å²) in [5.41, 5.74) is 0.412. The van der Waals surface area contributed by atoms with Crippen LogP contribution in [0.2, 0.25) is 0 Å². The van der Waals surface area contributed by atoms with E-state index in [0.29, 0.717) is 11.3 Å². The van der Waals surface area contributed by atoms with E-state index in [1.807, 2.05) is 11.0 Å². The summed E-state index contributed by atoms with van der Waals surface area (Å²) in [7, 11) is 0. The van der Waals surface area contributed by atoms with Gasteiger partial charge in [-0.15, -0.1) is 0 Å². The smallest absolute Gasteiger partial charge is 0.370 e. The second kappa shape index (κ2) is 7.70. The van der Waals surface area contributed by atoms with Gasteiger partial charge in [0.15, 0.2) is 0 Å². The number of hydrogen-bond donors (Lipinski definition) is 1. The Morgan fingerprint density at radius 2 is 1.81 bits per heavy atom. The van der Waals surface area contributed by atoms with E-state index in [2.05, 4.69) is 5.32 Å². The SMILES string of the molecule is N#Cc1cccc(C(=O)Nc2cc(C(F)(F)F)ccc2N2CCCCC2)c1. The lowest BCUT2D eigenvalue weighted by Gasteiger charge is -2.31. The zero-order valence-electron chi connectivity index (χ0n) is 14.5. The van der Waals surface area contributed by atoms with Crippen molar-refractivity contribution >= 4 is 17.3 Å². The van der Waals surface area contributed by atoms with Gasteiger partial charge in [0, 0.05) is 18.7 Å². The van der Waals surface area contributed by atoms with Crippen LogP contribution in [0, 0.1) is 11.3 Å². The molecule has 0 aromatic heterocycles. The Morgan fingerprint density at radius 1 is 1.07 bits per heavy atom. The van der Waals surface area contributed by atoms with Crippen LogP contribution in [-0.4, -0.2) is 19.0 Å². The van der Waals surface area contributed by atoms with Crippen molar-refractivity contribution in [1.29, 1.82) is 5.26 Å². The Morgan fingerprint density at radius 3 is 2.48 bits per heavy atom. The molecule has 0 saturated carbocycles. The highest BCUT2D eigenvalue weighted by atomic mass is 19.4. The van der Waals surface area contributed by atoms with Crippen molar-refractivity contribution in [2.75, 3.05) is 23.3 Å². The topological polar surface area (TPSA) is 56.1 Å². The number of halogens is 3. The number of nitriles is 1. The number of rotatable bonds is 3. The van der Waals surface area contributed by atoms with Crippen LogP contribution in [0.1, 0.15) is 40.7 Å². The van der Waals surface area contributed by atoms with E-state index in [9.17, 15) is 18.0 Å². The largest absolute Gasteiger partial charge is 0.416 e. The molecule has 1 N–H and O–H groups in total. The van der Waals surface area contributed by atoms with E-state index in [4.69, 9.17) is 5.26 Å². The standard InChI is InChI=1S/C20H18F3N3O/c21-20(22,23)16-7-8-18(26-9-2-1-3-10-26)17(12-16)25-19(27)15-6-4-5-14(11-15)13-24/h4-8,11-12H,1-3,9-10H2,(H,25,27). The average molecular weight is 373 g/mol. The molecule has 0 spiro atoms. The Bertz CT molecular complexity index is 881. The maximum absolute atomic E-state index is 13.1. The first-order chi connectivity index (χ1) is 12.9. The van der Waals surface area contributed by atoms with Crippen molar-refractivity contribution in [1.82, 2.24) is 0 Å². The molecule has 0 atom stereocenters. The first kappa shape index (κ1) is 18.8. The minimum absolute atomic E-state index is 0.124. The fourth-order valence-corrected chi connectivity index (χ4v) is 3.15. The van der Waals surface area contributed by atoms with Crippen molar-refractivity contribution in [2.45, 2.75) is 25.4 Å². The van der Waals surface area contributed by atoms with Gasteiger partial charge in [-0.2, -0.15) is 18.4 Å². The third-order valence-electron chi connectivity index (χ3n) is 4.52. The van der Waals surface area contributed by atoms with Crippen LogP contribution in [0.4, 0.5) is 24.5 Å². The lowest BCUT2D eigenvalue weighted by molar-refractivity contribution is -0.137. The number of carbonyl (C=O) groups is 1. The molecule has 0 bridgehead atoms. The molecule has 7 heteroatoms. The van der Waals surface area contributed by atoms with Crippen molar-refractivity contribution in [2.24, 2.45) is 0 Å². The maximum atomic E-state index is 13.1. The quantitative estimate of drug-likeness (QED) is 0.839. The molecule has 27 heavy (non-hydrogen) atoms. The molecule has 0 radical (unpaired) electrons. The van der Waals surface area contributed by atoms with Crippen molar-refractivity contribution < 1.29 is 18.0 Å². The second-order valence-electron chi connectivity index (χ2n) is 6.42. The van der Waals surface area contributed by atoms with Crippen LogP contribution >= 0.6 is 0 Å². The lowest BCUT2D eigenvalue weighted by atomic mass is 10.1. The minimum Gasteiger partial charge on any atom is -0.370 e. The van der Waals surface area contributed by atoms with Gasteiger partial charge in [0.05, 0.1) is 28.6 Å². The van der Waals surface area contributed by atoms with E-state index in [1.165, 1.54) is 18.2 Å². The molecule has 2 aromatic carbocycles. The minimum atomic E-state index is -4.50. The summed E-state index contributed by atoms with van der Waals surface area (Å²) in [6.07, 6.45) is -1.50. The molecule has 0 unspecified atom stereocenters. The average Bonchev–Trinajstić information content (AvgIpc) is 2.68. The van der Waals surface area contributed by atoms with Crippen LogP contribution in [0.5, 0.6) is 0 Å². The predicted octanol–water partition coefficient (Wildman–Crippen LogP) is 4.82. The molecule has 1 fully saturated rings.